The van der Waals surface area contributed by atoms with Gasteiger partial charge in [0.25, 0.3) is 0 Å². The van der Waals surface area contributed by atoms with Crippen molar-refractivity contribution in [2.45, 2.75) is 13.8 Å². The number of halogens is 1. The second kappa shape index (κ2) is 6.27. The molecule has 0 saturated heterocycles. The lowest BCUT2D eigenvalue weighted by molar-refractivity contribution is -0.119. The van der Waals surface area contributed by atoms with E-state index in [0.29, 0.717) is 23.4 Å². The summed E-state index contributed by atoms with van der Waals surface area (Å²) in [6.45, 7) is 4.94. The highest BCUT2D eigenvalue weighted by atomic mass is 35.5. The average Bonchev–Trinajstić information content (AvgIpc) is 2.25. The van der Waals surface area contributed by atoms with Gasteiger partial charge in [-0.2, -0.15) is 0 Å². The molecule has 0 unspecified atom stereocenters. The fourth-order valence-electron chi connectivity index (χ4n) is 0.962. The van der Waals surface area contributed by atoms with Crippen molar-refractivity contribution in [2.24, 2.45) is 5.92 Å². The first-order valence-corrected chi connectivity index (χ1v) is 5.45. The van der Waals surface area contributed by atoms with Crippen LogP contribution in [0.4, 0.5) is 5.82 Å². The lowest BCUT2D eigenvalue weighted by Crippen LogP contribution is -2.32. The number of nitrogens with one attached hydrogen (secondary N) is 2. The molecule has 1 aromatic heterocycles. The molecule has 0 fully saturated rings. The zero-order valence-corrected chi connectivity index (χ0v) is 10.1. The summed E-state index contributed by atoms with van der Waals surface area (Å²) >= 11 is 5.58. The summed E-state index contributed by atoms with van der Waals surface area (Å²) in [5.74, 6) is 0.911. The summed E-state index contributed by atoms with van der Waals surface area (Å²) < 4.78 is 0. The highest BCUT2D eigenvalue weighted by Crippen LogP contribution is 2.05. The summed E-state index contributed by atoms with van der Waals surface area (Å²) in [6, 6.07) is 3.29. The summed E-state index contributed by atoms with van der Waals surface area (Å²) in [4.78, 5) is 11.3. The Kier molecular flexibility index (Phi) is 4.98. The van der Waals surface area contributed by atoms with Crippen molar-refractivity contribution in [2.75, 3.05) is 18.4 Å². The lowest BCUT2D eigenvalue weighted by atomic mass is 10.2. The van der Waals surface area contributed by atoms with E-state index in [1.807, 2.05) is 13.8 Å². The Balaban J connectivity index is 2.29. The molecule has 0 atom stereocenters. The van der Waals surface area contributed by atoms with Crippen LogP contribution in [-0.2, 0) is 4.79 Å². The first kappa shape index (κ1) is 12.7. The standard InChI is InChI=1S/C10H15ClN4O/c1-7(2)5-13-10(16)6-12-9-4-3-8(11)14-15-9/h3-4,7H,5-6H2,1-2H3,(H,12,15)(H,13,16). The minimum absolute atomic E-state index is 0.0644. The highest BCUT2D eigenvalue weighted by molar-refractivity contribution is 6.29. The van der Waals surface area contributed by atoms with Crippen molar-refractivity contribution < 1.29 is 4.79 Å². The predicted octanol–water partition coefficient (Wildman–Crippen LogP) is 1.31. The van der Waals surface area contributed by atoms with Crippen molar-refractivity contribution in [3.63, 3.8) is 0 Å². The van der Waals surface area contributed by atoms with Gasteiger partial charge in [-0.25, -0.2) is 0 Å². The number of anilines is 1. The summed E-state index contributed by atoms with van der Waals surface area (Å²) in [5.41, 5.74) is 0. The Morgan fingerprint density at radius 3 is 2.75 bits per heavy atom. The summed E-state index contributed by atoms with van der Waals surface area (Å²) in [7, 11) is 0. The smallest absolute Gasteiger partial charge is 0.239 e. The third-order valence-corrected chi connectivity index (χ3v) is 1.97. The number of rotatable bonds is 5. The van der Waals surface area contributed by atoms with E-state index < -0.39 is 0 Å². The average molecular weight is 243 g/mol. The van der Waals surface area contributed by atoms with Crippen LogP contribution in [0.15, 0.2) is 12.1 Å². The van der Waals surface area contributed by atoms with Crippen LogP contribution < -0.4 is 10.6 Å². The Morgan fingerprint density at radius 1 is 1.44 bits per heavy atom. The monoisotopic (exact) mass is 242 g/mol. The largest absolute Gasteiger partial charge is 0.360 e. The second-order valence-corrected chi connectivity index (χ2v) is 4.18. The Morgan fingerprint density at radius 2 is 2.19 bits per heavy atom. The maximum Gasteiger partial charge on any atom is 0.239 e. The molecule has 0 bridgehead atoms. The van der Waals surface area contributed by atoms with Gasteiger partial charge in [0, 0.05) is 6.54 Å². The van der Waals surface area contributed by atoms with Crippen molar-refractivity contribution in [1.29, 1.82) is 0 Å². The van der Waals surface area contributed by atoms with Crippen LogP contribution in [0.1, 0.15) is 13.8 Å². The molecular weight excluding hydrogens is 228 g/mol. The molecule has 6 heteroatoms. The van der Waals surface area contributed by atoms with Crippen molar-refractivity contribution in [3.8, 4) is 0 Å². The van der Waals surface area contributed by atoms with Crippen LogP contribution in [0, 0.1) is 5.92 Å². The van der Waals surface area contributed by atoms with Gasteiger partial charge in [0.15, 0.2) is 5.15 Å². The third-order valence-electron chi connectivity index (χ3n) is 1.77. The highest BCUT2D eigenvalue weighted by Gasteiger charge is 2.02. The Hall–Kier alpha value is -1.36. The van der Waals surface area contributed by atoms with Gasteiger partial charge in [0.2, 0.25) is 5.91 Å². The van der Waals surface area contributed by atoms with Crippen molar-refractivity contribution in [1.82, 2.24) is 15.5 Å². The number of aromatic nitrogens is 2. The van der Waals surface area contributed by atoms with Crippen molar-refractivity contribution >= 4 is 23.3 Å². The molecule has 5 nitrogen and oxygen atoms in total. The molecule has 0 aliphatic heterocycles. The van der Waals surface area contributed by atoms with Crippen LogP contribution in [0.5, 0.6) is 0 Å². The first-order valence-electron chi connectivity index (χ1n) is 5.07. The quantitative estimate of drug-likeness (QED) is 0.817. The van der Waals surface area contributed by atoms with E-state index >= 15 is 0 Å². The van der Waals surface area contributed by atoms with Crippen LogP contribution >= 0.6 is 11.6 Å². The van der Waals surface area contributed by atoms with Crippen molar-refractivity contribution in [3.05, 3.63) is 17.3 Å². The molecule has 2 N–H and O–H groups in total. The summed E-state index contributed by atoms with van der Waals surface area (Å²) in [5, 5.41) is 13.4. The second-order valence-electron chi connectivity index (χ2n) is 3.79. The van der Waals surface area contributed by atoms with E-state index in [1.165, 1.54) is 0 Å². The van der Waals surface area contributed by atoms with Gasteiger partial charge in [0.05, 0.1) is 6.54 Å². The number of hydrogen-bond donors (Lipinski definition) is 2. The molecule has 0 aliphatic rings. The van der Waals surface area contributed by atoms with Gasteiger partial charge in [-0.1, -0.05) is 25.4 Å². The van der Waals surface area contributed by atoms with Gasteiger partial charge in [-0.15, -0.1) is 10.2 Å². The number of carbonyl (C=O) groups is 1. The minimum Gasteiger partial charge on any atom is -0.360 e. The van der Waals surface area contributed by atoms with E-state index in [9.17, 15) is 4.79 Å². The van der Waals surface area contributed by atoms with Gasteiger partial charge >= 0.3 is 0 Å². The van der Waals surface area contributed by atoms with Gasteiger partial charge in [0.1, 0.15) is 5.82 Å². The van der Waals surface area contributed by atoms with Crippen LogP contribution in [-0.4, -0.2) is 29.2 Å². The molecule has 0 radical (unpaired) electrons. The molecule has 1 rings (SSSR count). The zero-order chi connectivity index (χ0) is 12.0. The summed E-state index contributed by atoms with van der Waals surface area (Å²) in [6.07, 6.45) is 0. The number of hydrogen-bond acceptors (Lipinski definition) is 4. The molecular formula is C10H15ClN4O. The number of nitrogens with zero attached hydrogens (tertiary/aromatic N) is 2. The number of carbonyl (C=O) groups excluding carboxylic acids is 1. The third kappa shape index (κ3) is 4.93. The minimum atomic E-state index is -0.0644. The fraction of sp³-hybridized carbons (Fsp3) is 0.500. The molecule has 0 aliphatic carbocycles. The van der Waals surface area contributed by atoms with E-state index in [-0.39, 0.29) is 12.5 Å². The van der Waals surface area contributed by atoms with E-state index in [1.54, 1.807) is 12.1 Å². The van der Waals surface area contributed by atoms with Gasteiger partial charge < -0.3 is 10.6 Å². The van der Waals surface area contributed by atoms with Crippen LogP contribution in [0.3, 0.4) is 0 Å². The zero-order valence-electron chi connectivity index (χ0n) is 9.33. The molecule has 0 saturated carbocycles. The Bertz CT molecular complexity index is 339. The molecule has 0 aromatic carbocycles. The van der Waals surface area contributed by atoms with Crippen LogP contribution in [0.2, 0.25) is 5.15 Å². The van der Waals surface area contributed by atoms with E-state index in [0.717, 1.165) is 0 Å². The van der Waals surface area contributed by atoms with Gasteiger partial charge in [-0.3, -0.25) is 4.79 Å². The molecule has 16 heavy (non-hydrogen) atoms. The molecule has 1 aromatic rings. The maximum absolute atomic E-state index is 11.3. The fourth-order valence-corrected chi connectivity index (χ4v) is 1.06. The maximum atomic E-state index is 11.3. The first-order chi connectivity index (χ1) is 7.58. The molecule has 1 heterocycles. The molecule has 0 spiro atoms. The Labute approximate surface area is 99.6 Å². The normalized spacial score (nSPS) is 10.2. The predicted molar refractivity (Wildman–Crippen MR) is 63.4 cm³/mol. The molecule has 1 amide bonds. The van der Waals surface area contributed by atoms with Gasteiger partial charge in [-0.05, 0) is 18.1 Å². The molecule has 88 valence electrons. The topological polar surface area (TPSA) is 66.9 Å². The SMILES string of the molecule is CC(C)CNC(=O)CNc1ccc(Cl)nn1. The van der Waals surface area contributed by atoms with E-state index in [2.05, 4.69) is 20.8 Å². The number of amides is 1. The van der Waals surface area contributed by atoms with Crippen LogP contribution in [0.25, 0.3) is 0 Å². The van der Waals surface area contributed by atoms with E-state index in [4.69, 9.17) is 11.6 Å². The lowest BCUT2D eigenvalue weighted by Gasteiger charge is -2.08.